The third-order valence-electron chi connectivity index (χ3n) is 4.48. The summed E-state index contributed by atoms with van der Waals surface area (Å²) in [7, 11) is 0. The quantitative estimate of drug-likeness (QED) is 0.495. The van der Waals surface area contributed by atoms with Gasteiger partial charge < -0.3 is 5.32 Å². The lowest BCUT2D eigenvalue weighted by atomic mass is 10.1. The smallest absolute Gasteiger partial charge is 0.269 e. The van der Waals surface area contributed by atoms with Gasteiger partial charge in [0.15, 0.2) is 5.50 Å². The molecular formula is C21H17N3O3S. The zero-order valence-corrected chi connectivity index (χ0v) is 15.6. The second-order valence-corrected chi connectivity index (χ2v) is 7.36. The molecule has 0 saturated carbocycles. The lowest BCUT2D eigenvalue weighted by molar-refractivity contribution is -0.384. The first kappa shape index (κ1) is 18.1. The number of nitro benzene ring substituents is 1. The Bertz CT molecular complexity index is 1010. The zero-order valence-electron chi connectivity index (χ0n) is 14.8. The number of hydrogen-bond donors (Lipinski definition) is 1. The maximum atomic E-state index is 13.2. The Hall–Kier alpha value is -3.32. The van der Waals surface area contributed by atoms with E-state index < -0.39 is 4.92 Å². The number of rotatable bonds is 5. The van der Waals surface area contributed by atoms with Crippen LogP contribution >= 0.6 is 11.8 Å². The van der Waals surface area contributed by atoms with Crippen LogP contribution < -0.4 is 10.2 Å². The summed E-state index contributed by atoms with van der Waals surface area (Å²) in [5.74, 6) is 0.552. The SMILES string of the molecule is O=C1c2ccccc2NC(SCc2ccc([N+](=O)[O-])cc2)N1c1ccccc1. The summed E-state index contributed by atoms with van der Waals surface area (Å²) in [6.07, 6.45) is 0. The van der Waals surface area contributed by atoms with Gasteiger partial charge in [0.1, 0.15) is 0 Å². The van der Waals surface area contributed by atoms with Crippen LogP contribution in [0.2, 0.25) is 0 Å². The second kappa shape index (κ2) is 7.74. The number of anilines is 2. The average molecular weight is 391 g/mol. The van der Waals surface area contributed by atoms with Crippen LogP contribution in [0.15, 0.2) is 78.9 Å². The molecule has 0 spiro atoms. The Morgan fingerprint density at radius 1 is 0.964 bits per heavy atom. The minimum atomic E-state index is -0.410. The van der Waals surface area contributed by atoms with Crippen molar-refractivity contribution in [2.45, 2.75) is 11.3 Å². The number of nitrogens with zero attached hydrogens (tertiary/aromatic N) is 2. The molecule has 1 amide bonds. The summed E-state index contributed by atoms with van der Waals surface area (Å²) in [6.45, 7) is 0. The van der Waals surface area contributed by atoms with Crippen LogP contribution in [0.5, 0.6) is 0 Å². The topological polar surface area (TPSA) is 75.5 Å². The highest BCUT2D eigenvalue weighted by Gasteiger charge is 2.33. The predicted molar refractivity (Wildman–Crippen MR) is 111 cm³/mol. The molecule has 1 N–H and O–H groups in total. The number of carbonyl (C=O) groups is 1. The molecule has 0 saturated heterocycles. The van der Waals surface area contributed by atoms with Crippen LogP contribution in [-0.4, -0.2) is 16.3 Å². The van der Waals surface area contributed by atoms with E-state index in [0.29, 0.717) is 11.3 Å². The number of para-hydroxylation sites is 2. The normalized spacial score (nSPS) is 15.6. The number of hydrogen-bond acceptors (Lipinski definition) is 5. The van der Waals surface area contributed by atoms with Gasteiger partial charge in [-0.25, -0.2) is 0 Å². The van der Waals surface area contributed by atoms with Gasteiger partial charge in [-0.15, -0.1) is 11.8 Å². The number of non-ortho nitro benzene ring substituents is 1. The first-order valence-corrected chi connectivity index (χ1v) is 9.77. The molecule has 1 atom stereocenters. The summed E-state index contributed by atoms with van der Waals surface area (Å²) in [5, 5.41) is 14.3. The van der Waals surface area contributed by atoms with Gasteiger partial charge in [0.2, 0.25) is 0 Å². The van der Waals surface area contributed by atoms with E-state index in [4.69, 9.17) is 0 Å². The zero-order chi connectivity index (χ0) is 19.5. The van der Waals surface area contributed by atoms with Crippen molar-refractivity contribution in [3.8, 4) is 0 Å². The number of carbonyl (C=O) groups excluding carboxylic acids is 1. The van der Waals surface area contributed by atoms with Crippen molar-refractivity contribution in [1.29, 1.82) is 0 Å². The van der Waals surface area contributed by atoms with E-state index in [1.807, 2.05) is 54.6 Å². The molecule has 0 aromatic heterocycles. The largest absolute Gasteiger partial charge is 0.356 e. The fraction of sp³-hybridized carbons (Fsp3) is 0.0952. The first-order chi connectivity index (χ1) is 13.6. The second-order valence-electron chi connectivity index (χ2n) is 6.29. The minimum Gasteiger partial charge on any atom is -0.356 e. The lowest BCUT2D eigenvalue weighted by Gasteiger charge is -2.37. The van der Waals surface area contributed by atoms with E-state index in [1.165, 1.54) is 12.1 Å². The van der Waals surface area contributed by atoms with Crippen LogP contribution in [0.3, 0.4) is 0 Å². The number of thioether (sulfide) groups is 1. The monoisotopic (exact) mass is 391 g/mol. The fourth-order valence-corrected chi connectivity index (χ4v) is 4.20. The summed E-state index contributed by atoms with van der Waals surface area (Å²) >= 11 is 1.56. The molecule has 0 radical (unpaired) electrons. The van der Waals surface area contributed by atoms with E-state index in [9.17, 15) is 14.9 Å². The van der Waals surface area contributed by atoms with Crippen molar-refractivity contribution in [2.75, 3.05) is 10.2 Å². The van der Waals surface area contributed by atoms with Gasteiger partial charge in [-0.3, -0.25) is 19.8 Å². The fourth-order valence-electron chi connectivity index (χ4n) is 3.08. The Kier molecular flexibility index (Phi) is 4.99. The van der Waals surface area contributed by atoms with Gasteiger partial charge in [0, 0.05) is 29.3 Å². The van der Waals surface area contributed by atoms with Crippen molar-refractivity contribution in [2.24, 2.45) is 0 Å². The number of fused-ring (bicyclic) bond motifs is 1. The molecule has 28 heavy (non-hydrogen) atoms. The van der Waals surface area contributed by atoms with Crippen LogP contribution in [0.1, 0.15) is 15.9 Å². The van der Waals surface area contributed by atoms with Gasteiger partial charge in [0.05, 0.1) is 10.5 Å². The molecule has 0 aliphatic carbocycles. The van der Waals surface area contributed by atoms with E-state index in [1.54, 1.807) is 28.8 Å². The Morgan fingerprint density at radius 2 is 1.64 bits per heavy atom. The Morgan fingerprint density at radius 3 is 2.36 bits per heavy atom. The summed E-state index contributed by atoms with van der Waals surface area (Å²) in [5.41, 5.74) is 2.99. The van der Waals surface area contributed by atoms with Crippen molar-refractivity contribution in [3.63, 3.8) is 0 Å². The highest BCUT2D eigenvalue weighted by molar-refractivity contribution is 7.99. The molecule has 0 fully saturated rings. The standard InChI is InChI=1S/C21H17N3O3S/c25-20-18-8-4-5-9-19(18)22-21(23(20)16-6-2-1-3-7-16)28-14-15-10-12-17(13-11-15)24(26)27/h1-13,21-22H,14H2. The van der Waals surface area contributed by atoms with Gasteiger partial charge >= 0.3 is 0 Å². The molecule has 4 rings (SSSR count). The molecule has 1 unspecified atom stereocenters. The van der Waals surface area contributed by atoms with Gasteiger partial charge in [-0.05, 0) is 29.8 Å². The Labute approximate surface area is 166 Å². The third-order valence-corrected chi connectivity index (χ3v) is 5.62. The molecule has 0 bridgehead atoms. The molecule has 3 aromatic rings. The number of benzene rings is 3. The number of nitro groups is 1. The van der Waals surface area contributed by atoms with Crippen LogP contribution in [0.4, 0.5) is 17.1 Å². The molecule has 1 aliphatic rings. The third kappa shape index (κ3) is 3.57. The van der Waals surface area contributed by atoms with Crippen molar-refractivity contribution in [3.05, 3.63) is 100 Å². The van der Waals surface area contributed by atoms with Crippen LogP contribution in [-0.2, 0) is 5.75 Å². The minimum absolute atomic E-state index is 0.0539. The Balaban J connectivity index is 1.60. The van der Waals surface area contributed by atoms with E-state index >= 15 is 0 Å². The van der Waals surface area contributed by atoms with E-state index in [2.05, 4.69) is 5.32 Å². The van der Waals surface area contributed by atoms with E-state index in [0.717, 1.165) is 16.9 Å². The molecule has 6 nitrogen and oxygen atoms in total. The maximum absolute atomic E-state index is 13.2. The van der Waals surface area contributed by atoms with Crippen molar-refractivity contribution in [1.82, 2.24) is 0 Å². The highest BCUT2D eigenvalue weighted by Crippen LogP contribution is 2.34. The van der Waals surface area contributed by atoms with Crippen molar-refractivity contribution < 1.29 is 9.72 Å². The lowest BCUT2D eigenvalue weighted by Crippen LogP contribution is -2.47. The van der Waals surface area contributed by atoms with Gasteiger partial charge in [0.25, 0.3) is 11.6 Å². The molecule has 1 heterocycles. The first-order valence-electron chi connectivity index (χ1n) is 8.72. The molecular weight excluding hydrogens is 374 g/mol. The number of amides is 1. The summed E-state index contributed by atoms with van der Waals surface area (Å²) in [6, 6.07) is 23.5. The van der Waals surface area contributed by atoms with Crippen LogP contribution in [0, 0.1) is 10.1 Å². The van der Waals surface area contributed by atoms with Crippen LogP contribution in [0.25, 0.3) is 0 Å². The summed E-state index contributed by atoms with van der Waals surface area (Å²) in [4.78, 5) is 25.3. The van der Waals surface area contributed by atoms with E-state index in [-0.39, 0.29) is 17.1 Å². The summed E-state index contributed by atoms with van der Waals surface area (Å²) < 4.78 is 0. The molecule has 3 aromatic carbocycles. The highest BCUT2D eigenvalue weighted by atomic mass is 32.2. The van der Waals surface area contributed by atoms with Gasteiger partial charge in [-0.1, -0.05) is 42.5 Å². The molecule has 1 aliphatic heterocycles. The molecule has 7 heteroatoms. The van der Waals surface area contributed by atoms with Gasteiger partial charge in [-0.2, -0.15) is 0 Å². The predicted octanol–water partition coefficient (Wildman–Crippen LogP) is 4.88. The van der Waals surface area contributed by atoms with Crippen molar-refractivity contribution >= 4 is 34.7 Å². The average Bonchev–Trinajstić information content (AvgIpc) is 2.73. The maximum Gasteiger partial charge on any atom is 0.269 e. The molecule has 140 valence electrons. The number of nitrogens with one attached hydrogen (secondary N) is 1.